The Morgan fingerprint density at radius 2 is 2.00 bits per heavy atom. The third-order valence-corrected chi connectivity index (χ3v) is 3.69. The quantitative estimate of drug-likeness (QED) is 0.749. The molecule has 2 rings (SSSR count). The van der Waals surface area contributed by atoms with Gasteiger partial charge in [-0.2, -0.15) is 0 Å². The van der Waals surface area contributed by atoms with Gasteiger partial charge in [-0.05, 0) is 68.0 Å². The van der Waals surface area contributed by atoms with Crippen molar-refractivity contribution in [2.75, 3.05) is 18.8 Å². The summed E-state index contributed by atoms with van der Waals surface area (Å²) >= 11 is 0. The molecule has 0 unspecified atom stereocenters. The van der Waals surface area contributed by atoms with Crippen LogP contribution in [0, 0.1) is 6.92 Å². The summed E-state index contributed by atoms with van der Waals surface area (Å²) in [7, 11) is 0. The number of nitrogen functional groups attached to an aromatic ring is 1. The summed E-state index contributed by atoms with van der Waals surface area (Å²) in [5.41, 5.74) is 11.1. The van der Waals surface area contributed by atoms with Crippen LogP contribution < -0.4 is 11.1 Å². The fourth-order valence-electron chi connectivity index (χ4n) is 2.61. The predicted octanol–water partition coefficient (Wildman–Crippen LogP) is 2.61. The fourth-order valence-corrected chi connectivity index (χ4v) is 2.61. The summed E-state index contributed by atoms with van der Waals surface area (Å²) < 4.78 is 0. The fraction of sp³-hybridized carbons (Fsp3) is 0.571. The average Bonchev–Trinajstić information content (AvgIpc) is 2.33. The van der Waals surface area contributed by atoms with Crippen LogP contribution in [-0.4, -0.2) is 13.1 Å². The van der Waals surface area contributed by atoms with Crippen molar-refractivity contribution in [3.05, 3.63) is 28.8 Å². The Kier molecular flexibility index (Phi) is 3.49. The number of piperidine rings is 1. The molecule has 1 fully saturated rings. The van der Waals surface area contributed by atoms with Crippen molar-refractivity contribution in [1.82, 2.24) is 5.32 Å². The van der Waals surface area contributed by atoms with Gasteiger partial charge in [-0.25, -0.2) is 0 Å². The number of aryl methyl sites for hydroxylation is 2. The van der Waals surface area contributed by atoms with Crippen LogP contribution in [0.5, 0.6) is 0 Å². The van der Waals surface area contributed by atoms with Crippen LogP contribution in [0.4, 0.5) is 5.69 Å². The van der Waals surface area contributed by atoms with Crippen molar-refractivity contribution in [2.45, 2.75) is 39.0 Å². The lowest BCUT2D eigenvalue weighted by atomic mass is 9.85. The lowest BCUT2D eigenvalue weighted by molar-refractivity contribution is 0.458. The van der Waals surface area contributed by atoms with E-state index in [1.54, 1.807) is 0 Å². The Morgan fingerprint density at radius 3 is 2.62 bits per heavy atom. The lowest BCUT2D eigenvalue weighted by Gasteiger charge is -2.25. The molecule has 88 valence electrons. The van der Waals surface area contributed by atoms with E-state index >= 15 is 0 Å². The topological polar surface area (TPSA) is 38.0 Å². The molecule has 1 heterocycles. The first kappa shape index (κ1) is 11.5. The summed E-state index contributed by atoms with van der Waals surface area (Å²) in [5.74, 6) is 0.732. The van der Waals surface area contributed by atoms with E-state index in [-0.39, 0.29) is 0 Å². The van der Waals surface area contributed by atoms with Crippen molar-refractivity contribution < 1.29 is 0 Å². The Hall–Kier alpha value is -1.02. The second-order valence-corrected chi connectivity index (χ2v) is 4.79. The van der Waals surface area contributed by atoms with E-state index in [9.17, 15) is 0 Å². The number of nitrogens with one attached hydrogen (secondary N) is 1. The van der Waals surface area contributed by atoms with Crippen LogP contribution >= 0.6 is 0 Å². The normalized spacial score (nSPS) is 17.6. The minimum absolute atomic E-state index is 0.732. The highest BCUT2D eigenvalue weighted by Gasteiger charge is 2.18. The van der Waals surface area contributed by atoms with E-state index in [0.717, 1.165) is 31.1 Å². The maximum Gasteiger partial charge on any atom is 0.0346 e. The molecule has 3 N–H and O–H groups in total. The molecule has 0 spiro atoms. The number of nitrogens with two attached hydrogens (primary N) is 1. The Morgan fingerprint density at radius 1 is 1.31 bits per heavy atom. The molecule has 0 radical (unpaired) electrons. The van der Waals surface area contributed by atoms with E-state index in [4.69, 9.17) is 5.73 Å². The molecule has 0 bridgehead atoms. The van der Waals surface area contributed by atoms with Gasteiger partial charge in [-0.15, -0.1) is 0 Å². The molecule has 1 aliphatic rings. The van der Waals surface area contributed by atoms with E-state index < -0.39 is 0 Å². The van der Waals surface area contributed by atoms with Crippen LogP contribution in [0.15, 0.2) is 12.1 Å². The minimum atomic E-state index is 0.732. The van der Waals surface area contributed by atoms with Gasteiger partial charge in [-0.3, -0.25) is 0 Å². The molecule has 1 aromatic rings. The van der Waals surface area contributed by atoms with Crippen molar-refractivity contribution in [2.24, 2.45) is 0 Å². The van der Waals surface area contributed by atoms with Crippen LogP contribution in [0.2, 0.25) is 0 Å². The summed E-state index contributed by atoms with van der Waals surface area (Å²) in [6, 6.07) is 4.48. The smallest absolute Gasteiger partial charge is 0.0346 e. The van der Waals surface area contributed by atoms with Gasteiger partial charge < -0.3 is 11.1 Å². The molecule has 0 amide bonds. The molecule has 1 aromatic carbocycles. The highest BCUT2D eigenvalue weighted by atomic mass is 14.9. The van der Waals surface area contributed by atoms with Crippen LogP contribution in [0.3, 0.4) is 0 Å². The Bertz CT molecular complexity index is 365. The molecule has 0 atom stereocenters. The zero-order chi connectivity index (χ0) is 11.5. The molecule has 1 aliphatic heterocycles. The van der Waals surface area contributed by atoms with E-state index in [1.807, 2.05) is 0 Å². The molecule has 0 saturated carbocycles. The van der Waals surface area contributed by atoms with E-state index in [0.29, 0.717) is 0 Å². The van der Waals surface area contributed by atoms with Crippen molar-refractivity contribution in [3.63, 3.8) is 0 Å². The summed E-state index contributed by atoms with van der Waals surface area (Å²) in [4.78, 5) is 0. The second kappa shape index (κ2) is 4.88. The van der Waals surface area contributed by atoms with Gasteiger partial charge in [0.1, 0.15) is 0 Å². The van der Waals surface area contributed by atoms with Gasteiger partial charge in [0.05, 0.1) is 0 Å². The molecule has 0 aromatic heterocycles. The van der Waals surface area contributed by atoms with E-state index in [1.165, 1.54) is 29.5 Å². The summed E-state index contributed by atoms with van der Waals surface area (Å²) in [5, 5.41) is 3.42. The van der Waals surface area contributed by atoms with Crippen LogP contribution in [0.25, 0.3) is 0 Å². The zero-order valence-corrected chi connectivity index (χ0v) is 10.3. The molecule has 16 heavy (non-hydrogen) atoms. The van der Waals surface area contributed by atoms with Crippen LogP contribution in [0.1, 0.15) is 42.4 Å². The number of benzene rings is 1. The van der Waals surface area contributed by atoms with Crippen LogP contribution in [-0.2, 0) is 6.42 Å². The third kappa shape index (κ3) is 2.22. The highest BCUT2D eigenvalue weighted by Crippen LogP contribution is 2.31. The maximum absolute atomic E-state index is 5.98. The standard InChI is InChI=1S/C14H22N2/c1-3-11-9-14(15)10(2)8-13(11)12-4-6-16-7-5-12/h8-9,12,16H,3-7,15H2,1-2H3. The highest BCUT2D eigenvalue weighted by molar-refractivity contribution is 5.52. The number of anilines is 1. The van der Waals surface area contributed by atoms with Crippen molar-refractivity contribution in [1.29, 1.82) is 0 Å². The lowest BCUT2D eigenvalue weighted by Crippen LogP contribution is -2.27. The van der Waals surface area contributed by atoms with Gasteiger partial charge in [0.15, 0.2) is 0 Å². The Balaban J connectivity index is 2.33. The number of rotatable bonds is 2. The number of hydrogen-bond acceptors (Lipinski definition) is 2. The minimum Gasteiger partial charge on any atom is -0.399 e. The molecule has 2 heteroatoms. The van der Waals surface area contributed by atoms with E-state index in [2.05, 4.69) is 31.3 Å². The Labute approximate surface area is 98.2 Å². The molecular weight excluding hydrogens is 196 g/mol. The summed E-state index contributed by atoms with van der Waals surface area (Å²) in [6.07, 6.45) is 3.61. The molecular formula is C14H22N2. The van der Waals surface area contributed by atoms with Gasteiger partial charge >= 0.3 is 0 Å². The average molecular weight is 218 g/mol. The van der Waals surface area contributed by atoms with Gasteiger partial charge in [0, 0.05) is 5.69 Å². The van der Waals surface area contributed by atoms with Gasteiger partial charge in [-0.1, -0.05) is 13.0 Å². The van der Waals surface area contributed by atoms with Gasteiger partial charge in [0.2, 0.25) is 0 Å². The predicted molar refractivity (Wildman–Crippen MR) is 69.8 cm³/mol. The third-order valence-electron chi connectivity index (χ3n) is 3.69. The van der Waals surface area contributed by atoms with Gasteiger partial charge in [0.25, 0.3) is 0 Å². The largest absolute Gasteiger partial charge is 0.399 e. The monoisotopic (exact) mass is 218 g/mol. The van der Waals surface area contributed by atoms with Crippen molar-refractivity contribution >= 4 is 5.69 Å². The first-order valence-electron chi connectivity index (χ1n) is 6.32. The summed E-state index contributed by atoms with van der Waals surface area (Å²) in [6.45, 7) is 6.63. The molecule has 1 saturated heterocycles. The zero-order valence-electron chi connectivity index (χ0n) is 10.3. The van der Waals surface area contributed by atoms with Crippen molar-refractivity contribution in [3.8, 4) is 0 Å². The second-order valence-electron chi connectivity index (χ2n) is 4.79. The molecule has 2 nitrogen and oxygen atoms in total. The number of hydrogen-bond donors (Lipinski definition) is 2. The first-order valence-corrected chi connectivity index (χ1v) is 6.32. The first-order chi connectivity index (χ1) is 7.72. The SMILES string of the molecule is CCc1cc(N)c(C)cc1C1CCNCC1. The molecule has 0 aliphatic carbocycles. The maximum atomic E-state index is 5.98.